The fourth-order valence-corrected chi connectivity index (χ4v) is 2.90. The lowest BCUT2D eigenvalue weighted by Crippen LogP contribution is -2.36. The molecule has 0 aromatic heterocycles. The maximum atomic E-state index is 12.8. The number of hydrogen-bond acceptors (Lipinski definition) is 4. The van der Waals surface area contributed by atoms with Gasteiger partial charge in [-0.05, 0) is 38.7 Å². The van der Waals surface area contributed by atoms with Crippen molar-refractivity contribution in [2.24, 2.45) is 5.92 Å². The van der Waals surface area contributed by atoms with E-state index >= 15 is 0 Å². The summed E-state index contributed by atoms with van der Waals surface area (Å²) >= 11 is 0. The number of ether oxygens (including phenoxy) is 1. The zero-order chi connectivity index (χ0) is 21.4. The van der Waals surface area contributed by atoms with E-state index in [9.17, 15) is 14.4 Å². The largest absolute Gasteiger partial charge is 0.452 e. The van der Waals surface area contributed by atoms with E-state index in [1.165, 1.54) is 6.07 Å². The van der Waals surface area contributed by atoms with Crippen LogP contribution in [0.1, 0.15) is 65.5 Å². The topological polar surface area (TPSA) is 72.5 Å². The molecule has 0 heterocycles. The molecule has 1 atom stereocenters. The molecule has 1 amide bonds. The zero-order valence-corrected chi connectivity index (χ0v) is 17.5. The Morgan fingerprint density at radius 1 is 0.897 bits per heavy atom. The summed E-state index contributed by atoms with van der Waals surface area (Å²) in [5, 5.41) is 2.83. The number of nitrogens with one attached hydrogen (secondary N) is 1. The summed E-state index contributed by atoms with van der Waals surface area (Å²) in [7, 11) is 0. The Kier molecular flexibility index (Phi) is 8.13. The number of hydrogen-bond donors (Lipinski definition) is 1. The highest BCUT2D eigenvalue weighted by molar-refractivity contribution is 6.14. The summed E-state index contributed by atoms with van der Waals surface area (Å²) in [5.41, 5.74) is 1.95. The SMILES string of the molecule is Cc1ccc(C(=O)c2ccccc2C(=O)OCC(=O)N[C@H](C)CCC(C)C)cc1. The first-order chi connectivity index (χ1) is 13.8. The molecular weight excluding hydrogens is 366 g/mol. The number of aryl methyl sites for hydroxylation is 1. The normalized spacial score (nSPS) is 11.8. The van der Waals surface area contributed by atoms with Crippen molar-refractivity contribution in [3.63, 3.8) is 0 Å². The summed E-state index contributed by atoms with van der Waals surface area (Å²) in [4.78, 5) is 37.4. The minimum absolute atomic E-state index is 0.0130. The van der Waals surface area contributed by atoms with Crippen molar-refractivity contribution in [2.75, 3.05) is 6.61 Å². The molecule has 0 bridgehead atoms. The Bertz CT molecular complexity index is 855. The number of amides is 1. The van der Waals surface area contributed by atoms with Gasteiger partial charge in [-0.3, -0.25) is 9.59 Å². The average Bonchev–Trinajstić information content (AvgIpc) is 2.70. The van der Waals surface area contributed by atoms with E-state index in [1.807, 2.05) is 26.0 Å². The molecule has 0 aliphatic carbocycles. The molecule has 0 saturated heterocycles. The zero-order valence-electron chi connectivity index (χ0n) is 17.5. The van der Waals surface area contributed by atoms with Crippen molar-refractivity contribution in [1.82, 2.24) is 5.32 Å². The highest BCUT2D eigenvalue weighted by Crippen LogP contribution is 2.16. The summed E-state index contributed by atoms with van der Waals surface area (Å²) in [6.07, 6.45) is 1.88. The van der Waals surface area contributed by atoms with Crippen LogP contribution < -0.4 is 5.32 Å². The van der Waals surface area contributed by atoms with Crippen LogP contribution in [0.5, 0.6) is 0 Å². The molecule has 0 saturated carbocycles. The van der Waals surface area contributed by atoms with Gasteiger partial charge in [0, 0.05) is 17.2 Å². The fraction of sp³-hybridized carbons (Fsp3) is 0.375. The van der Waals surface area contributed by atoms with Gasteiger partial charge in [-0.2, -0.15) is 0 Å². The Hall–Kier alpha value is -2.95. The van der Waals surface area contributed by atoms with Crippen molar-refractivity contribution >= 4 is 17.7 Å². The third kappa shape index (κ3) is 6.86. The molecule has 29 heavy (non-hydrogen) atoms. The van der Waals surface area contributed by atoms with Crippen LogP contribution in [0, 0.1) is 12.8 Å². The van der Waals surface area contributed by atoms with E-state index < -0.39 is 5.97 Å². The van der Waals surface area contributed by atoms with E-state index in [4.69, 9.17) is 4.74 Å². The van der Waals surface area contributed by atoms with Crippen molar-refractivity contribution in [1.29, 1.82) is 0 Å². The number of carbonyl (C=O) groups is 3. The number of ketones is 1. The van der Waals surface area contributed by atoms with Gasteiger partial charge in [-0.25, -0.2) is 4.79 Å². The molecule has 0 unspecified atom stereocenters. The molecule has 5 nitrogen and oxygen atoms in total. The lowest BCUT2D eigenvalue weighted by molar-refractivity contribution is -0.124. The van der Waals surface area contributed by atoms with Gasteiger partial charge in [0.25, 0.3) is 5.91 Å². The maximum absolute atomic E-state index is 12.8. The van der Waals surface area contributed by atoms with Crippen molar-refractivity contribution < 1.29 is 19.1 Å². The van der Waals surface area contributed by atoms with Gasteiger partial charge in [0.05, 0.1) is 5.56 Å². The number of rotatable bonds is 9. The molecule has 0 spiro atoms. The van der Waals surface area contributed by atoms with Crippen LogP contribution in [0.2, 0.25) is 0 Å². The van der Waals surface area contributed by atoms with E-state index in [-0.39, 0.29) is 35.5 Å². The molecule has 2 rings (SSSR count). The van der Waals surface area contributed by atoms with Crippen LogP contribution in [-0.4, -0.2) is 30.3 Å². The second-order valence-corrected chi connectivity index (χ2v) is 7.76. The minimum Gasteiger partial charge on any atom is -0.452 e. The second kappa shape index (κ2) is 10.6. The molecule has 0 radical (unpaired) electrons. The van der Waals surface area contributed by atoms with E-state index in [1.54, 1.807) is 30.3 Å². The molecule has 1 N–H and O–H groups in total. The Morgan fingerprint density at radius 3 is 2.14 bits per heavy atom. The Labute approximate surface area is 172 Å². The summed E-state index contributed by atoms with van der Waals surface area (Å²) < 4.78 is 5.16. The highest BCUT2D eigenvalue weighted by atomic mass is 16.5. The predicted octanol–water partition coefficient (Wildman–Crippen LogP) is 4.32. The highest BCUT2D eigenvalue weighted by Gasteiger charge is 2.20. The fourth-order valence-electron chi connectivity index (χ4n) is 2.90. The second-order valence-electron chi connectivity index (χ2n) is 7.76. The van der Waals surface area contributed by atoms with Crippen molar-refractivity contribution in [3.8, 4) is 0 Å². The molecular formula is C24H29NO4. The summed E-state index contributed by atoms with van der Waals surface area (Å²) in [5.74, 6) is -0.734. The first-order valence-electron chi connectivity index (χ1n) is 9.94. The molecule has 154 valence electrons. The van der Waals surface area contributed by atoms with E-state index in [0.717, 1.165) is 18.4 Å². The Morgan fingerprint density at radius 2 is 1.52 bits per heavy atom. The third-order valence-corrected chi connectivity index (χ3v) is 4.62. The van der Waals surface area contributed by atoms with Gasteiger partial charge in [-0.1, -0.05) is 61.9 Å². The number of carbonyl (C=O) groups excluding carboxylic acids is 3. The molecule has 0 fully saturated rings. The molecule has 2 aromatic rings. The molecule has 5 heteroatoms. The molecule has 2 aromatic carbocycles. The number of benzene rings is 2. The maximum Gasteiger partial charge on any atom is 0.339 e. The van der Waals surface area contributed by atoms with Crippen LogP contribution >= 0.6 is 0 Å². The number of esters is 1. The van der Waals surface area contributed by atoms with Crippen LogP contribution in [-0.2, 0) is 9.53 Å². The third-order valence-electron chi connectivity index (χ3n) is 4.62. The van der Waals surface area contributed by atoms with Crippen LogP contribution in [0.4, 0.5) is 0 Å². The van der Waals surface area contributed by atoms with Crippen molar-refractivity contribution in [3.05, 3.63) is 70.8 Å². The molecule has 0 aliphatic heterocycles. The van der Waals surface area contributed by atoms with Crippen LogP contribution in [0.15, 0.2) is 48.5 Å². The lowest BCUT2D eigenvalue weighted by atomic mass is 9.98. The van der Waals surface area contributed by atoms with Gasteiger partial charge in [0.2, 0.25) is 0 Å². The quantitative estimate of drug-likeness (QED) is 0.507. The first kappa shape index (κ1) is 22.3. The summed E-state index contributed by atoms with van der Waals surface area (Å²) in [6, 6.07) is 13.6. The van der Waals surface area contributed by atoms with Crippen molar-refractivity contribution in [2.45, 2.75) is 46.6 Å². The predicted molar refractivity (Wildman–Crippen MR) is 113 cm³/mol. The van der Waals surface area contributed by atoms with Crippen LogP contribution in [0.3, 0.4) is 0 Å². The lowest BCUT2D eigenvalue weighted by Gasteiger charge is -2.15. The van der Waals surface area contributed by atoms with Gasteiger partial charge in [-0.15, -0.1) is 0 Å². The smallest absolute Gasteiger partial charge is 0.339 e. The molecule has 0 aliphatic rings. The minimum atomic E-state index is -0.689. The van der Waals surface area contributed by atoms with E-state index in [2.05, 4.69) is 19.2 Å². The van der Waals surface area contributed by atoms with E-state index in [0.29, 0.717) is 11.5 Å². The Balaban J connectivity index is 2.00. The van der Waals surface area contributed by atoms with Gasteiger partial charge in [0.15, 0.2) is 12.4 Å². The first-order valence-corrected chi connectivity index (χ1v) is 9.94. The van der Waals surface area contributed by atoms with Gasteiger partial charge >= 0.3 is 5.97 Å². The average molecular weight is 395 g/mol. The van der Waals surface area contributed by atoms with Crippen LogP contribution in [0.25, 0.3) is 0 Å². The van der Waals surface area contributed by atoms with Gasteiger partial charge in [0.1, 0.15) is 0 Å². The van der Waals surface area contributed by atoms with Gasteiger partial charge < -0.3 is 10.1 Å². The standard InChI is InChI=1S/C24H29NO4/c1-16(2)9-12-18(4)25-22(26)15-29-24(28)21-8-6-5-7-20(21)23(27)19-13-10-17(3)11-14-19/h5-8,10-11,13-14,16,18H,9,12,15H2,1-4H3,(H,25,26)/t18-/m1/s1. The monoisotopic (exact) mass is 395 g/mol. The summed E-state index contributed by atoms with van der Waals surface area (Å²) in [6.45, 7) is 7.75.